The third-order valence-electron chi connectivity index (χ3n) is 6.62. The topological polar surface area (TPSA) is 299 Å². The number of nitrogens with two attached hydrogens (primary N) is 4. The number of carboxylic acids is 1. The fourth-order valence-corrected chi connectivity index (χ4v) is 4.17. The van der Waals surface area contributed by atoms with Gasteiger partial charge in [-0.15, -0.1) is 0 Å². The maximum atomic E-state index is 13.5. The largest absolute Gasteiger partial charge is 0.508 e. The molecule has 16 nitrogen and oxygen atoms in total. The monoisotopic (exact) mass is 628 g/mol. The normalized spacial score (nSPS) is 13.4. The van der Waals surface area contributed by atoms with E-state index in [1.807, 2.05) is 0 Å². The van der Waals surface area contributed by atoms with Crippen molar-refractivity contribution >= 4 is 35.6 Å². The van der Waals surface area contributed by atoms with Crippen LogP contribution in [0.3, 0.4) is 0 Å². The molecule has 45 heavy (non-hydrogen) atoms. The van der Waals surface area contributed by atoms with Crippen LogP contribution in [-0.4, -0.2) is 81.6 Å². The maximum absolute atomic E-state index is 13.5. The van der Waals surface area contributed by atoms with Crippen LogP contribution < -0.4 is 38.9 Å². The van der Waals surface area contributed by atoms with Gasteiger partial charge in [-0.3, -0.25) is 24.2 Å². The molecule has 2 aromatic rings. The van der Waals surface area contributed by atoms with Crippen LogP contribution in [0.2, 0.25) is 0 Å². The zero-order chi connectivity index (χ0) is 33.5. The first-order chi connectivity index (χ1) is 21.2. The molecule has 0 heterocycles. The minimum atomic E-state index is -1.39. The summed E-state index contributed by atoms with van der Waals surface area (Å²) in [6.07, 6.45) is -0.158. The number of guanidine groups is 1. The molecule has 0 fully saturated rings. The number of aromatic hydroxyl groups is 2. The molecule has 0 radical (unpaired) electrons. The van der Waals surface area contributed by atoms with E-state index < -0.39 is 53.8 Å². The van der Waals surface area contributed by atoms with Crippen LogP contribution in [0.4, 0.5) is 0 Å². The molecule has 2 aromatic carbocycles. The van der Waals surface area contributed by atoms with Gasteiger partial charge in [0.1, 0.15) is 29.6 Å². The summed E-state index contributed by atoms with van der Waals surface area (Å²) in [7, 11) is 0. The smallest absolute Gasteiger partial charge is 0.326 e. The van der Waals surface area contributed by atoms with Gasteiger partial charge in [0, 0.05) is 25.8 Å². The lowest BCUT2D eigenvalue weighted by atomic mass is 10.0. The third-order valence-corrected chi connectivity index (χ3v) is 6.62. The van der Waals surface area contributed by atoms with Crippen molar-refractivity contribution in [3.05, 3.63) is 59.7 Å². The number of amides is 4. The Kier molecular flexibility index (Phi) is 14.1. The number of carbonyl (C=O) groups excluding carboxylic acids is 4. The van der Waals surface area contributed by atoms with Crippen molar-refractivity contribution in [3.63, 3.8) is 0 Å². The number of rotatable bonds is 18. The molecule has 16 heteroatoms. The molecule has 244 valence electrons. The SMILES string of the molecule is NC(=O)CCC(N)C(=O)NC(CCCN=C(N)N)C(=O)NC(Cc1ccc(O)cc1)C(=O)NC(Cc1ccc(O)cc1)C(=O)O. The number of hydrogen-bond donors (Lipinski definition) is 10. The Morgan fingerprint density at radius 2 is 1.16 bits per heavy atom. The van der Waals surface area contributed by atoms with Crippen molar-refractivity contribution in [1.82, 2.24) is 16.0 Å². The number of carbonyl (C=O) groups is 5. The first-order valence-corrected chi connectivity index (χ1v) is 14.0. The average Bonchev–Trinajstić information content (AvgIpc) is 2.98. The molecule has 0 saturated carbocycles. The summed E-state index contributed by atoms with van der Waals surface area (Å²) < 4.78 is 0. The van der Waals surface area contributed by atoms with Gasteiger partial charge in [0.25, 0.3) is 0 Å². The molecule has 14 N–H and O–H groups in total. The zero-order valence-electron chi connectivity index (χ0n) is 24.5. The Balaban J connectivity index is 2.29. The predicted molar refractivity (Wildman–Crippen MR) is 163 cm³/mol. The molecule has 4 amide bonds. The molecular weight excluding hydrogens is 588 g/mol. The Labute approximate surface area is 259 Å². The number of benzene rings is 2. The first-order valence-electron chi connectivity index (χ1n) is 14.0. The highest BCUT2D eigenvalue weighted by Gasteiger charge is 2.30. The summed E-state index contributed by atoms with van der Waals surface area (Å²) in [5.41, 5.74) is 22.8. The Bertz CT molecular complexity index is 1350. The van der Waals surface area contributed by atoms with Gasteiger partial charge in [-0.05, 0) is 54.7 Å². The summed E-state index contributed by atoms with van der Waals surface area (Å²) in [4.78, 5) is 66.7. The van der Waals surface area contributed by atoms with E-state index in [1.54, 1.807) is 0 Å². The Hall–Kier alpha value is -5.38. The predicted octanol–water partition coefficient (Wildman–Crippen LogP) is -1.93. The van der Waals surface area contributed by atoms with E-state index >= 15 is 0 Å². The standard InChI is InChI=1S/C29H40N8O8/c30-20(11-12-24(31)40)25(41)35-21(2-1-13-34-29(32)33)26(42)36-22(14-16-3-7-18(38)8-4-16)27(43)37-23(28(44)45)15-17-5-9-19(39)10-6-17/h3-10,20-23,38-39H,1-2,11-15,30H2,(H2,31,40)(H,35,41)(H,36,42)(H,37,43)(H,44,45)(H4,32,33,34). The highest BCUT2D eigenvalue weighted by Crippen LogP contribution is 2.14. The first kappa shape index (κ1) is 35.8. The van der Waals surface area contributed by atoms with Crippen LogP contribution in [0.25, 0.3) is 0 Å². The van der Waals surface area contributed by atoms with Crippen LogP contribution in [0.15, 0.2) is 53.5 Å². The lowest BCUT2D eigenvalue weighted by molar-refractivity contribution is -0.142. The van der Waals surface area contributed by atoms with E-state index in [1.165, 1.54) is 48.5 Å². The number of nitrogens with zero attached hydrogens (tertiary/aromatic N) is 1. The molecule has 0 aromatic heterocycles. The van der Waals surface area contributed by atoms with Crippen LogP contribution in [0.1, 0.15) is 36.8 Å². The van der Waals surface area contributed by atoms with Gasteiger partial charge in [0.15, 0.2) is 5.96 Å². The van der Waals surface area contributed by atoms with E-state index in [0.717, 1.165) is 0 Å². The van der Waals surface area contributed by atoms with Gasteiger partial charge in [-0.1, -0.05) is 24.3 Å². The van der Waals surface area contributed by atoms with E-state index in [-0.39, 0.29) is 62.5 Å². The molecule has 2 rings (SSSR count). The number of aliphatic carboxylic acids is 1. The number of phenolic OH excluding ortho intramolecular Hbond substituents is 2. The lowest BCUT2D eigenvalue weighted by Gasteiger charge is -2.25. The van der Waals surface area contributed by atoms with Crippen LogP contribution in [0.5, 0.6) is 11.5 Å². The summed E-state index contributed by atoms with van der Waals surface area (Å²) >= 11 is 0. The van der Waals surface area contributed by atoms with Gasteiger partial charge in [0.2, 0.25) is 23.6 Å². The van der Waals surface area contributed by atoms with Gasteiger partial charge in [0.05, 0.1) is 6.04 Å². The molecule has 0 bridgehead atoms. The van der Waals surface area contributed by atoms with Gasteiger partial charge in [-0.25, -0.2) is 4.79 Å². The second-order valence-electron chi connectivity index (χ2n) is 10.3. The van der Waals surface area contributed by atoms with Crippen molar-refractivity contribution in [3.8, 4) is 11.5 Å². The number of nitrogens with one attached hydrogen (secondary N) is 3. The second kappa shape index (κ2) is 17.7. The summed E-state index contributed by atoms with van der Waals surface area (Å²) in [6, 6.07) is 6.53. The lowest BCUT2D eigenvalue weighted by Crippen LogP contribution is -2.57. The van der Waals surface area contributed by atoms with Crippen molar-refractivity contribution in [2.45, 2.75) is 62.7 Å². The highest BCUT2D eigenvalue weighted by atomic mass is 16.4. The molecule has 4 unspecified atom stereocenters. The van der Waals surface area contributed by atoms with Crippen molar-refractivity contribution in [1.29, 1.82) is 0 Å². The molecule has 0 aliphatic heterocycles. The van der Waals surface area contributed by atoms with Crippen LogP contribution in [0, 0.1) is 0 Å². The second-order valence-corrected chi connectivity index (χ2v) is 10.3. The molecule has 0 aliphatic rings. The third kappa shape index (κ3) is 13.2. The number of aliphatic imine (C=N–C) groups is 1. The molecule has 0 saturated heterocycles. The fraction of sp³-hybridized carbons (Fsp3) is 0.379. The maximum Gasteiger partial charge on any atom is 0.326 e. The van der Waals surface area contributed by atoms with Gasteiger partial charge in [-0.2, -0.15) is 0 Å². The summed E-state index contributed by atoms with van der Waals surface area (Å²) in [6.45, 7) is 0.130. The highest BCUT2D eigenvalue weighted by molar-refractivity contribution is 5.94. The van der Waals surface area contributed by atoms with E-state index in [4.69, 9.17) is 22.9 Å². The minimum Gasteiger partial charge on any atom is -0.508 e. The summed E-state index contributed by atoms with van der Waals surface area (Å²) in [5, 5.41) is 36.5. The van der Waals surface area contributed by atoms with E-state index in [0.29, 0.717) is 11.1 Å². The van der Waals surface area contributed by atoms with Gasteiger partial charge < -0.3 is 54.2 Å². The number of primary amides is 1. The number of phenols is 2. The fourth-order valence-electron chi connectivity index (χ4n) is 4.17. The minimum absolute atomic E-state index is 0.0138. The molecule has 0 spiro atoms. The average molecular weight is 629 g/mol. The Morgan fingerprint density at radius 3 is 1.64 bits per heavy atom. The molecule has 4 atom stereocenters. The van der Waals surface area contributed by atoms with E-state index in [2.05, 4.69) is 20.9 Å². The molecule has 0 aliphatic carbocycles. The van der Waals surface area contributed by atoms with Crippen molar-refractivity contribution in [2.75, 3.05) is 6.54 Å². The number of hydrogen-bond acceptors (Lipinski definition) is 9. The van der Waals surface area contributed by atoms with Gasteiger partial charge >= 0.3 is 5.97 Å². The van der Waals surface area contributed by atoms with Crippen molar-refractivity contribution < 1.29 is 39.3 Å². The quantitative estimate of drug-likeness (QED) is 0.0492. The van der Waals surface area contributed by atoms with Crippen LogP contribution in [-0.2, 0) is 36.8 Å². The molecular formula is C29H40N8O8. The van der Waals surface area contributed by atoms with E-state index in [9.17, 15) is 39.3 Å². The summed E-state index contributed by atoms with van der Waals surface area (Å²) in [5.74, 6) is -4.54. The van der Waals surface area contributed by atoms with Crippen molar-refractivity contribution in [2.24, 2.45) is 27.9 Å². The Morgan fingerprint density at radius 1 is 0.689 bits per heavy atom. The zero-order valence-corrected chi connectivity index (χ0v) is 24.5. The number of carboxylic acid groups (broad SMARTS) is 1. The van der Waals surface area contributed by atoms with Crippen LogP contribution >= 0.6 is 0 Å².